The fourth-order valence-corrected chi connectivity index (χ4v) is 2.42. The number of halogens is 2. The van der Waals surface area contributed by atoms with Gasteiger partial charge in [-0.05, 0) is 25.5 Å². The average Bonchev–Trinajstić information content (AvgIpc) is 2.81. The van der Waals surface area contributed by atoms with Gasteiger partial charge in [-0.3, -0.25) is 4.79 Å². The number of carbonyl (C=O) groups excluding carboxylic acids is 1. The van der Waals surface area contributed by atoms with Crippen molar-refractivity contribution in [3.05, 3.63) is 28.0 Å². The topological polar surface area (TPSA) is 53.4 Å². The molecule has 1 aromatic heterocycles. The zero-order chi connectivity index (χ0) is 13.3. The summed E-state index contributed by atoms with van der Waals surface area (Å²) in [5.74, 6) is -0.113. The predicted molar refractivity (Wildman–Crippen MR) is 69.9 cm³/mol. The lowest BCUT2D eigenvalue weighted by molar-refractivity contribution is 0.0757. The van der Waals surface area contributed by atoms with Crippen LogP contribution in [0.3, 0.4) is 0 Å². The summed E-state index contributed by atoms with van der Waals surface area (Å²) in [6.07, 6.45) is 0.382. The summed E-state index contributed by atoms with van der Waals surface area (Å²) < 4.78 is 0. The molecule has 2 rings (SSSR count). The molecule has 0 saturated carbocycles. The number of aliphatic hydroxyl groups is 1. The van der Waals surface area contributed by atoms with Crippen molar-refractivity contribution in [3.8, 4) is 0 Å². The van der Waals surface area contributed by atoms with E-state index in [2.05, 4.69) is 4.98 Å². The quantitative estimate of drug-likeness (QED) is 0.849. The van der Waals surface area contributed by atoms with Crippen LogP contribution in [0.1, 0.15) is 23.8 Å². The van der Waals surface area contributed by atoms with Crippen LogP contribution in [0.15, 0.2) is 12.1 Å². The van der Waals surface area contributed by atoms with Crippen molar-refractivity contribution in [2.45, 2.75) is 19.4 Å². The summed E-state index contributed by atoms with van der Waals surface area (Å²) in [5, 5.41) is 10.1. The Morgan fingerprint density at radius 3 is 2.89 bits per heavy atom. The van der Waals surface area contributed by atoms with Crippen molar-refractivity contribution >= 4 is 29.1 Å². The maximum atomic E-state index is 12.2. The highest BCUT2D eigenvalue weighted by Crippen LogP contribution is 2.24. The number of rotatable bonds is 2. The molecule has 0 spiro atoms. The molecule has 18 heavy (non-hydrogen) atoms. The highest BCUT2D eigenvalue weighted by atomic mass is 35.5. The van der Waals surface area contributed by atoms with E-state index >= 15 is 0 Å². The predicted octanol–water partition coefficient (Wildman–Crippen LogP) is 2.23. The molecule has 98 valence electrons. The Bertz CT molecular complexity index is 465. The van der Waals surface area contributed by atoms with Gasteiger partial charge in [0, 0.05) is 19.0 Å². The lowest BCUT2D eigenvalue weighted by atomic mass is 10.0. The molecule has 0 aliphatic carbocycles. The minimum Gasteiger partial charge on any atom is -0.393 e. The third kappa shape index (κ3) is 2.76. The highest BCUT2D eigenvalue weighted by Gasteiger charge is 2.31. The second kappa shape index (κ2) is 5.43. The summed E-state index contributed by atoms with van der Waals surface area (Å²) in [5.41, 5.74) is 0.176. The Labute approximate surface area is 116 Å². The smallest absolute Gasteiger partial charge is 0.274 e. The molecule has 2 unspecified atom stereocenters. The molecule has 1 N–H and O–H groups in total. The van der Waals surface area contributed by atoms with Crippen LogP contribution in [0.2, 0.25) is 10.2 Å². The zero-order valence-electron chi connectivity index (χ0n) is 9.94. The molecule has 6 heteroatoms. The van der Waals surface area contributed by atoms with Gasteiger partial charge < -0.3 is 10.0 Å². The first-order valence-electron chi connectivity index (χ1n) is 5.78. The van der Waals surface area contributed by atoms with Gasteiger partial charge in [0.15, 0.2) is 0 Å². The molecule has 1 aliphatic rings. The molecule has 0 bridgehead atoms. The monoisotopic (exact) mass is 288 g/mol. The van der Waals surface area contributed by atoms with E-state index in [1.54, 1.807) is 24.0 Å². The van der Waals surface area contributed by atoms with E-state index in [-0.39, 0.29) is 22.7 Å². The fraction of sp³-hybridized carbons (Fsp3) is 0.500. The van der Waals surface area contributed by atoms with Gasteiger partial charge in [-0.25, -0.2) is 4.98 Å². The maximum absolute atomic E-state index is 12.2. The Kier molecular flexibility index (Phi) is 4.10. The van der Waals surface area contributed by atoms with Gasteiger partial charge in [-0.2, -0.15) is 0 Å². The Balaban J connectivity index is 2.15. The van der Waals surface area contributed by atoms with Gasteiger partial charge in [0.1, 0.15) is 10.8 Å². The van der Waals surface area contributed by atoms with Crippen molar-refractivity contribution in [3.63, 3.8) is 0 Å². The first-order chi connectivity index (χ1) is 8.49. The molecule has 0 radical (unpaired) electrons. The molecular weight excluding hydrogens is 275 g/mol. The van der Waals surface area contributed by atoms with E-state index < -0.39 is 6.10 Å². The van der Waals surface area contributed by atoms with Gasteiger partial charge in [-0.15, -0.1) is 0 Å². The molecule has 1 saturated heterocycles. The highest BCUT2D eigenvalue weighted by molar-refractivity contribution is 6.34. The van der Waals surface area contributed by atoms with Crippen molar-refractivity contribution in [1.82, 2.24) is 9.88 Å². The Hall–Kier alpha value is -0.840. The molecule has 1 aliphatic heterocycles. The summed E-state index contributed by atoms with van der Waals surface area (Å²) in [7, 11) is 0. The molecule has 2 heterocycles. The van der Waals surface area contributed by atoms with Crippen LogP contribution in [0, 0.1) is 5.92 Å². The molecule has 1 amide bonds. The third-order valence-corrected chi connectivity index (χ3v) is 3.72. The summed E-state index contributed by atoms with van der Waals surface area (Å²) in [6.45, 7) is 2.88. The molecule has 0 aromatic carbocycles. The number of likely N-dealkylation sites (tertiary alicyclic amines) is 1. The van der Waals surface area contributed by atoms with Crippen molar-refractivity contribution in [2.75, 3.05) is 13.1 Å². The number of aromatic nitrogens is 1. The van der Waals surface area contributed by atoms with Gasteiger partial charge >= 0.3 is 0 Å². The van der Waals surface area contributed by atoms with Crippen LogP contribution >= 0.6 is 23.2 Å². The van der Waals surface area contributed by atoms with Crippen molar-refractivity contribution < 1.29 is 9.90 Å². The van der Waals surface area contributed by atoms with E-state index in [4.69, 9.17) is 23.2 Å². The average molecular weight is 289 g/mol. The number of aliphatic hydroxyl groups excluding tert-OH is 1. The lowest BCUT2D eigenvalue weighted by Crippen LogP contribution is -2.31. The maximum Gasteiger partial charge on any atom is 0.274 e. The van der Waals surface area contributed by atoms with Gasteiger partial charge in [0.25, 0.3) is 5.91 Å². The summed E-state index contributed by atoms with van der Waals surface area (Å²) >= 11 is 11.7. The van der Waals surface area contributed by atoms with Crippen molar-refractivity contribution in [2.24, 2.45) is 5.92 Å². The van der Waals surface area contributed by atoms with Gasteiger partial charge in [0.05, 0.1) is 11.1 Å². The number of pyridine rings is 1. The minimum absolute atomic E-state index is 0.118. The second-order valence-electron chi connectivity index (χ2n) is 4.50. The van der Waals surface area contributed by atoms with Crippen LogP contribution in [-0.2, 0) is 0 Å². The first-order valence-corrected chi connectivity index (χ1v) is 6.54. The summed E-state index contributed by atoms with van der Waals surface area (Å²) in [6, 6.07) is 3.11. The largest absolute Gasteiger partial charge is 0.393 e. The lowest BCUT2D eigenvalue weighted by Gasteiger charge is -2.17. The van der Waals surface area contributed by atoms with Crippen LogP contribution in [0.5, 0.6) is 0 Å². The molecular formula is C12H14Cl2N2O2. The van der Waals surface area contributed by atoms with Crippen LogP contribution in [0.4, 0.5) is 0 Å². The number of carbonyl (C=O) groups is 1. The first kappa shape index (κ1) is 13.6. The SMILES string of the molecule is CC(O)C1CCN(C(=O)c2nc(Cl)ccc2Cl)C1. The standard InChI is InChI=1S/C12H14Cl2N2O2/c1-7(17)8-4-5-16(6-8)12(18)11-9(13)2-3-10(14)15-11/h2-3,7-8,17H,4-6H2,1H3. The van der Waals surface area contributed by atoms with E-state index in [1.807, 2.05) is 0 Å². The van der Waals surface area contributed by atoms with Crippen LogP contribution in [-0.4, -0.2) is 40.1 Å². The van der Waals surface area contributed by atoms with Crippen molar-refractivity contribution in [1.29, 1.82) is 0 Å². The fourth-order valence-electron chi connectivity index (χ4n) is 2.08. The van der Waals surface area contributed by atoms with E-state index in [0.29, 0.717) is 18.1 Å². The Morgan fingerprint density at radius 2 is 2.28 bits per heavy atom. The number of amides is 1. The number of nitrogens with zero attached hydrogens (tertiary/aromatic N) is 2. The molecule has 2 atom stereocenters. The zero-order valence-corrected chi connectivity index (χ0v) is 11.4. The molecule has 1 aromatic rings. The van der Waals surface area contributed by atoms with Crippen LogP contribution in [0.25, 0.3) is 0 Å². The Morgan fingerprint density at radius 1 is 1.56 bits per heavy atom. The van der Waals surface area contributed by atoms with Gasteiger partial charge in [-0.1, -0.05) is 23.2 Å². The number of hydrogen-bond donors (Lipinski definition) is 1. The minimum atomic E-state index is -0.411. The van der Waals surface area contributed by atoms with E-state index in [1.165, 1.54) is 0 Å². The third-order valence-electron chi connectivity index (χ3n) is 3.21. The van der Waals surface area contributed by atoms with E-state index in [0.717, 1.165) is 6.42 Å². The van der Waals surface area contributed by atoms with E-state index in [9.17, 15) is 9.90 Å². The summed E-state index contributed by atoms with van der Waals surface area (Å²) in [4.78, 5) is 17.8. The van der Waals surface area contributed by atoms with Crippen LogP contribution < -0.4 is 0 Å². The molecule has 4 nitrogen and oxygen atoms in total. The number of hydrogen-bond acceptors (Lipinski definition) is 3. The molecule has 1 fully saturated rings. The normalized spacial score (nSPS) is 21.1. The van der Waals surface area contributed by atoms with Gasteiger partial charge in [0.2, 0.25) is 0 Å². The second-order valence-corrected chi connectivity index (χ2v) is 5.30.